The fourth-order valence-corrected chi connectivity index (χ4v) is 3.01. The third kappa shape index (κ3) is 2.98. The molecule has 2 aromatic rings. The second-order valence-electron chi connectivity index (χ2n) is 5.85. The molecule has 3 heteroatoms. The van der Waals surface area contributed by atoms with E-state index in [0.717, 1.165) is 24.0 Å². The van der Waals surface area contributed by atoms with Gasteiger partial charge in [-0.25, -0.2) is 0 Å². The summed E-state index contributed by atoms with van der Waals surface area (Å²) < 4.78 is 0. The summed E-state index contributed by atoms with van der Waals surface area (Å²) in [6.45, 7) is 1.86. The summed E-state index contributed by atoms with van der Waals surface area (Å²) in [6, 6.07) is 9.62. The molecule has 0 spiro atoms. The van der Waals surface area contributed by atoms with E-state index in [1.807, 2.05) is 31.2 Å². The summed E-state index contributed by atoms with van der Waals surface area (Å²) in [5.41, 5.74) is 4.71. The molecule has 1 aromatic heterocycles. The van der Waals surface area contributed by atoms with Crippen LogP contribution in [0.4, 0.5) is 0 Å². The van der Waals surface area contributed by atoms with E-state index >= 15 is 0 Å². The maximum atomic E-state index is 12.3. The molecule has 112 valence electrons. The van der Waals surface area contributed by atoms with Crippen LogP contribution in [0, 0.1) is 6.92 Å². The number of pyridine rings is 1. The minimum Gasteiger partial charge on any atom is -0.294 e. The summed E-state index contributed by atoms with van der Waals surface area (Å²) in [5, 5.41) is 0. The number of benzene rings is 1. The SMILES string of the molecule is Cc1cccnc1C(=O)CCC(=O)c1ccc2c(c1)CCC2. The number of nitrogens with zero attached hydrogens (tertiary/aromatic N) is 1. The Balaban J connectivity index is 1.65. The van der Waals surface area contributed by atoms with Crippen molar-refractivity contribution in [3.8, 4) is 0 Å². The fourth-order valence-electron chi connectivity index (χ4n) is 3.01. The maximum Gasteiger partial charge on any atom is 0.181 e. The number of carbonyl (C=O) groups excluding carboxylic acids is 2. The molecule has 0 fully saturated rings. The van der Waals surface area contributed by atoms with Crippen molar-refractivity contribution in [3.63, 3.8) is 0 Å². The molecule has 0 saturated heterocycles. The van der Waals surface area contributed by atoms with Crippen LogP contribution in [0.3, 0.4) is 0 Å². The Morgan fingerprint density at radius 2 is 1.82 bits per heavy atom. The highest BCUT2D eigenvalue weighted by molar-refractivity contribution is 6.02. The van der Waals surface area contributed by atoms with Gasteiger partial charge >= 0.3 is 0 Å². The lowest BCUT2D eigenvalue weighted by Crippen LogP contribution is -2.08. The molecule has 0 aliphatic heterocycles. The van der Waals surface area contributed by atoms with E-state index in [-0.39, 0.29) is 24.4 Å². The summed E-state index contributed by atoms with van der Waals surface area (Å²) in [4.78, 5) is 28.6. The quantitative estimate of drug-likeness (QED) is 0.789. The molecule has 3 rings (SSSR count). The topological polar surface area (TPSA) is 47.0 Å². The average molecular weight is 293 g/mol. The van der Waals surface area contributed by atoms with Crippen LogP contribution in [0.2, 0.25) is 0 Å². The predicted octanol–water partition coefficient (Wildman–Crippen LogP) is 3.72. The molecule has 0 radical (unpaired) electrons. The van der Waals surface area contributed by atoms with E-state index in [2.05, 4.69) is 11.1 Å². The van der Waals surface area contributed by atoms with Gasteiger partial charge in [0.05, 0.1) is 0 Å². The van der Waals surface area contributed by atoms with Crippen molar-refractivity contribution in [2.45, 2.75) is 39.0 Å². The zero-order chi connectivity index (χ0) is 15.5. The first kappa shape index (κ1) is 14.6. The van der Waals surface area contributed by atoms with Crippen molar-refractivity contribution in [1.29, 1.82) is 0 Å². The fraction of sp³-hybridized carbons (Fsp3) is 0.316. The molecule has 1 aliphatic rings. The average Bonchev–Trinajstić information content (AvgIpc) is 3.00. The molecule has 0 N–H and O–H groups in total. The molecule has 0 amide bonds. The van der Waals surface area contributed by atoms with Crippen molar-refractivity contribution in [1.82, 2.24) is 4.98 Å². The van der Waals surface area contributed by atoms with Crippen LogP contribution in [-0.4, -0.2) is 16.6 Å². The Hall–Kier alpha value is -2.29. The van der Waals surface area contributed by atoms with Crippen LogP contribution in [0.5, 0.6) is 0 Å². The van der Waals surface area contributed by atoms with Gasteiger partial charge in [0, 0.05) is 24.6 Å². The lowest BCUT2D eigenvalue weighted by atomic mass is 9.99. The summed E-state index contributed by atoms with van der Waals surface area (Å²) in [7, 11) is 0. The molecule has 0 saturated carbocycles. The zero-order valence-electron chi connectivity index (χ0n) is 12.8. The monoisotopic (exact) mass is 293 g/mol. The van der Waals surface area contributed by atoms with Gasteiger partial charge in [0.2, 0.25) is 0 Å². The molecule has 1 aliphatic carbocycles. The lowest BCUT2D eigenvalue weighted by molar-refractivity contribution is 0.0914. The van der Waals surface area contributed by atoms with Crippen LogP contribution < -0.4 is 0 Å². The first-order chi connectivity index (χ1) is 10.6. The molecule has 22 heavy (non-hydrogen) atoms. The number of aryl methyl sites for hydroxylation is 3. The first-order valence-electron chi connectivity index (χ1n) is 7.75. The molecular formula is C19H19NO2. The van der Waals surface area contributed by atoms with Gasteiger partial charge in [-0.1, -0.05) is 18.2 Å². The molecule has 1 aromatic carbocycles. The summed E-state index contributed by atoms with van der Waals surface area (Å²) in [5.74, 6) is -0.0238. The number of fused-ring (bicyclic) bond motifs is 1. The van der Waals surface area contributed by atoms with Gasteiger partial charge in [-0.3, -0.25) is 14.6 Å². The van der Waals surface area contributed by atoms with Crippen molar-refractivity contribution in [2.75, 3.05) is 0 Å². The van der Waals surface area contributed by atoms with E-state index in [9.17, 15) is 9.59 Å². The van der Waals surface area contributed by atoms with Crippen LogP contribution >= 0.6 is 0 Å². The van der Waals surface area contributed by atoms with Crippen LogP contribution in [0.1, 0.15) is 56.8 Å². The Morgan fingerprint density at radius 1 is 1.05 bits per heavy atom. The molecular weight excluding hydrogens is 274 g/mol. The largest absolute Gasteiger partial charge is 0.294 e. The number of Topliss-reactive ketones (excluding diaryl/α,β-unsaturated/α-hetero) is 2. The second-order valence-corrected chi connectivity index (χ2v) is 5.85. The minimum absolute atomic E-state index is 0.0386. The highest BCUT2D eigenvalue weighted by atomic mass is 16.1. The lowest BCUT2D eigenvalue weighted by Gasteiger charge is -2.05. The van der Waals surface area contributed by atoms with Gasteiger partial charge in [0.1, 0.15) is 5.69 Å². The maximum absolute atomic E-state index is 12.3. The smallest absolute Gasteiger partial charge is 0.181 e. The van der Waals surface area contributed by atoms with Gasteiger partial charge < -0.3 is 0 Å². The zero-order valence-corrected chi connectivity index (χ0v) is 12.8. The standard InChI is InChI=1S/C19H19NO2/c1-13-4-3-11-20-19(13)18(22)10-9-17(21)16-8-7-14-5-2-6-15(14)12-16/h3-4,7-8,11-12H,2,5-6,9-10H2,1H3. The number of hydrogen-bond donors (Lipinski definition) is 0. The van der Waals surface area contributed by atoms with Crippen molar-refractivity contribution < 1.29 is 9.59 Å². The van der Waals surface area contributed by atoms with Crippen LogP contribution in [-0.2, 0) is 12.8 Å². The Labute approximate surface area is 130 Å². The first-order valence-corrected chi connectivity index (χ1v) is 7.75. The number of carbonyl (C=O) groups is 2. The number of rotatable bonds is 5. The number of aromatic nitrogens is 1. The van der Waals surface area contributed by atoms with Gasteiger partial charge in [-0.2, -0.15) is 0 Å². The van der Waals surface area contributed by atoms with Gasteiger partial charge in [0.15, 0.2) is 11.6 Å². The molecule has 1 heterocycles. The predicted molar refractivity (Wildman–Crippen MR) is 85.3 cm³/mol. The van der Waals surface area contributed by atoms with Crippen molar-refractivity contribution >= 4 is 11.6 Å². The number of ketones is 2. The summed E-state index contributed by atoms with van der Waals surface area (Å²) in [6.07, 6.45) is 5.41. The van der Waals surface area contributed by atoms with Crippen molar-refractivity contribution in [3.05, 3.63) is 64.5 Å². The normalized spacial score (nSPS) is 13.0. The van der Waals surface area contributed by atoms with Gasteiger partial charge in [-0.15, -0.1) is 0 Å². The minimum atomic E-state index is -0.0624. The van der Waals surface area contributed by atoms with Gasteiger partial charge in [0.25, 0.3) is 0 Å². The number of hydrogen-bond acceptors (Lipinski definition) is 3. The highest BCUT2D eigenvalue weighted by Gasteiger charge is 2.16. The van der Waals surface area contributed by atoms with Gasteiger partial charge in [-0.05, 0) is 55.0 Å². The molecule has 3 nitrogen and oxygen atoms in total. The van der Waals surface area contributed by atoms with E-state index < -0.39 is 0 Å². The van der Waals surface area contributed by atoms with Crippen molar-refractivity contribution in [2.24, 2.45) is 0 Å². The second kappa shape index (κ2) is 6.22. The molecule has 0 unspecified atom stereocenters. The molecule has 0 bridgehead atoms. The van der Waals surface area contributed by atoms with E-state index in [4.69, 9.17) is 0 Å². The Kier molecular flexibility index (Phi) is 4.14. The highest BCUT2D eigenvalue weighted by Crippen LogP contribution is 2.23. The molecule has 0 atom stereocenters. The third-order valence-electron chi connectivity index (χ3n) is 4.27. The van der Waals surface area contributed by atoms with E-state index in [0.29, 0.717) is 5.69 Å². The van der Waals surface area contributed by atoms with Crippen LogP contribution in [0.15, 0.2) is 36.5 Å². The Bertz CT molecular complexity index is 734. The van der Waals surface area contributed by atoms with Crippen LogP contribution in [0.25, 0.3) is 0 Å². The van der Waals surface area contributed by atoms with E-state index in [1.165, 1.54) is 17.5 Å². The Morgan fingerprint density at radius 3 is 2.64 bits per heavy atom. The third-order valence-corrected chi connectivity index (χ3v) is 4.27. The summed E-state index contributed by atoms with van der Waals surface area (Å²) >= 11 is 0. The van der Waals surface area contributed by atoms with E-state index in [1.54, 1.807) is 6.20 Å².